The highest BCUT2D eigenvalue weighted by Gasteiger charge is 2.21. The number of rotatable bonds is 2. The van der Waals surface area contributed by atoms with Crippen molar-refractivity contribution in [2.24, 2.45) is 0 Å². The van der Waals surface area contributed by atoms with E-state index in [2.05, 4.69) is 42.2 Å². The summed E-state index contributed by atoms with van der Waals surface area (Å²) in [5.74, 6) is 0. The van der Waals surface area contributed by atoms with Gasteiger partial charge in [0.15, 0.2) is 0 Å². The second kappa shape index (κ2) is 7.56. The zero-order valence-corrected chi connectivity index (χ0v) is 15.6. The average Bonchev–Trinajstić information content (AvgIpc) is 2.99. The van der Waals surface area contributed by atoms with Gasteiger partial charge in [-0.3, -0.25) is 9.89 Å². The van der Waals surface area contributed by atoms with Crippen LogP contribution in [0.4, 0.5) is 5.69 Å². The lowest BCUT2D eigenvalue weighted by Crippen LogP contribution is -2.32. The zero-order valence-electron chi connectivity index (χ0n) is 11.7. The van der Waals surface area contributed by atoms with Crippen LogP contribution >= 0.6 is 40.0 Å². The van der Waals surface area contributed by atoms with E-state index in [1.807, 2.05) is 20.0 Å². The fraction of sp³-hybridized carbons (Fsp3) is 0.417. The van der Waals surface area contributed by atoms with Gasteiger partial charge >= 0.3 is 0 Å². The summed E-state index contributed by atoms with van der Waals surface area (Å²) < 4.78 is 1.37. The first kappa shape index (κ1) is 16.7. The third-order valence-corrected chi connectivity index (χ3v) is 5.33. The van der Waals surface area contributed by atoms with E-state index < -0.39 is 0 Å². The number of anilines is 1. The van der Waals surface area contributed by atoms with Crippen LogP contribution in [0.3, 0.4) is 0 Å². The summed E-state index contributed by atoms with van der Waals surface area (Å²) in [5, 5.41) is 11.4. The molecular formula is C12H16ClIN5OP. The van der Waals surface area contributed by atoms with E-state index in [1.54, 1.807) is 6.20 Å². The molecule has 114 valence electrons. The Morgan fingerprint density at radius 1 is 1.43 bits per heavy atom. The minimum atomic E-state index is -0.232. The maximum absolute atomic E-state index is 12.0. The van der Waals surface area contributed by atoms with E-state index in [0.29, 0.717) is 12.2 Å². The second-order valence-electron chi connectivity index (χ2n) is 4.19. The molecule has 0 saturated heterocycles. The van der Waals surface area contributed by atoms with Crippen molar-refractivity contribution in [1.82, 2.24) is 19.7 Å². The van der Waals surface area contributed by atoms with Crippen molar-refractivity contribution in [1.29, 1.82) is 0 Å². The van der Waals surface area contributed by atoms with Gasteiger partial charge in [-0.25, -0.2) is 4.45 Å². The molecule has 0 radical (unpaired) electrons. The molecule has 3 heterocycles. The number of nitrogens with one attached hydrogen (secondary N) is 1. The molecule has 0 aliphatic carbocycles. The van der Waals surface area contributed by atoms with E-state index in [1.165, 1.54) is 4.45 Å². The molecule has 0 saturated carbocycles. The monoisotopic (exact) mass is 439 g/mol. The summed E-state index contributed by atoms with van der Waals surface area (Å²) in [6, 6.07) is 0. The van der Waals surface area contributed by atoms with Gasteiger partial charge in [-0.1, -0.05) is 25.4 Å². The zero-order chi connectivity index (χ0) is 15.4. The first-order valence-electron chi connectivity index (χ1n) is 6.61. The number of nitrogens with zero attached hydrogens (tertiary/aromatic N) is 4. The van der Waals surface area contributed by atoms with Crippen LogP contribution in [0.2, 0.25) is 5.02 Å². The average molecular weight is 440 g/mol. The number of hydrogen-bond acceptors (Lipinski definition) is 4. The molecule has 2 aromatic rings. The second-order valence-corrected chi connectivity index (χ2v) is 6.61. The first-order valence-corrected chi connectivity index (χ1v) is 11.0. The summed E-state index contributed by atoms with van der Waals surface area (Å²) in [7, 11) is 0. The van der Waals surface area contributed by atoms with Gasteiger partial charge in [-0.2, -0.15) is 10.2 Å². The standard InChI is InChI=1S/C10H10ClIN5OP.C2H6/c11-9-8(4-14-17(19-12)10(9)18)16-2-1-7-6(5-16)3-13-15-7;1-2/h3-4,19H,1-2,5H2,(H,13,15);1-2H3. The summed E-state index contributed by atoms with van der Waals surface area (Å²) in [6.45, 7) is 5.50. The number of H-pyrrole nitrogens is 1. The Morgan fingerprint density at radius 3 is 2.90 bits per heavy atom. The van der Waals surface area contributed by atoms with Gasteiger partial charge in [-0.15, -0.1) is 0 Å². The molecule has 3 rings (SSSR count). The Kier molecular flexibility index (Phi) is 6.01. The highest BCUT2D eigenvalue weighted by Crippen LogP contribution is 2.28. The molecule has 1 N–H and O–H groups in total. The van der Waals surface area contributed by atoms with E-state index in [-0.39, 0.29) is 17.0 Å². The molecule has 21 heavy (non-hydrogen) atoms. The molecule has 0 amide bonds. The third kappa shape index (κ3) is 3.40. The summed E-state index contributed by atoms with van der Waals surface area (Å²) in [5.41, 5.74) is 2.76. The summed E-state index contributed by atoms with van der Waals surface area (Å²) in [4.78, 5) is 14.0. The van der Waals surface area contributed by atoms with Crippen LogP contribution in [-0.4, -0.2) is 26.3 Å². The van der Waals surface area contributed by atoms with Gasteiger partial charge in [0.1, 0.15) is 5.02 Å². The van der Waals surface area contributed by atoms with E-state index in [0.717, 1.165) is 24.2 Å². The molecule has 9 heteroatoms. The SMILES string of the molecule is CC.O=c1c(Cl)c(N2CCc3[nH]ncc3C2)cnn1PI. The van der Waals surface area contributed by atoms with Gasteiger partial charge in [-0.05, 0) is 22.0 Å². The van der Waals surface area contributed by atoms with Crippen LogP contribution < -0.4 is 10.5 Å². The van der Waals surface area contributed by atoms with Crippen molar-refractivity contribution in [3.05, 3.63) is 39.0 Å². The fourth-order valence-corrected chi connectivity index (χ4v) is 3.77. The van der Waals surface area contributed by atoms with Crippen molar-refractivity contribution in [3.8, 4) is 0 Å². The van der Waals surface area contributed by atoms with Crippen LogP contribution in [0.25, 0.3) is 0 Å². The van der Waals surface area contributed by atoms with Crippen molar-refractivity contribution in [3.63, 3.8) is 0 Å². The van der Waals surface area contributed by atoms with Crippen molar-refractivity contribution < 1.29 is 0 Å². The Bertz CT molecular complexity index is 674. The van der Waals surface area contributed by atoms with Crippen molar-refractivity contribution in [2.45, 2.75) is 26.8 Å². The smallest absolute Gasteiger partial charge is 0.291 e. The van der Waals surface area contributed by atoms with Crippen molar-refractivity contribution in [2.75, 3.05) is 11.4 Å². The number of aromatic amines is 1. The molecule has 0 aromatic carbocycles. The maximum atomic E-state index is 12.0. The van der Waals surface area contributed by atoms with Crippen LogP contribution in [0.5, 0.6) is 0 Å². The van der Waals surface area contributed by atoms with Crippen molar-refractivity contribution >= 4 is 45.7 Å². The minimum absolute atomic E-state index is 0.232. The molecule has 2 aromatic heterocycles. The van der Waals surface area contributed by atoms with Gasteiger partial charge < -0.3 is 4.90 Å². The largest absolute Gasteiger partial charge is 0.364 e. The highest BCUT2D eigenvalue weighted by atomic mass is 127. The topological polar surface area (TPSA) is 66.8 Å². The molecule has 0 bridgehead atoms. The van der Waals surface area contributed by atoms with E-state index in [4.69, 9.17) is 11.6 Å². The number of halogens is 2. The molecule has 1 atom stereocenters. The third-order valence-electron chi connectivity index (χ3n) is 3.12. The van der Waals surface area contributed by atoms with Crippen LogP contribution in [0.15, 0.2) is 17.2 Å². The van der Waals surface area contributed by atoms with E-state index in [9.17, 15) is 4.79 Å². The summed E-state index contributed by atoms with van der Waals surface area (Å²) >= 11 is 8.28. The molecule has 1 aliphatic heterocycles. The maximum Gasteiger partial charge on any atom is 0.291 e. The Balaban J connectivity index is 0.000000774. The molecule has 0 fully saturated rings. The number of hydrogen-bond donors (Lipinski definition) is 1. The predicted molar refractivity (Wildman–Crippen MR) is 95.9 cm³/mol. The Labute approximate surface area is 142 Å². The molecule has 1 aliphatic rings. The first-order chi connectivity index (χ1) is 10.2. The fourth-order valence-electron chi connectivity index (χ4n) is 2.13. The molecule has 0 spiro atoms. The lowest BCUT2D eigenvalue weighted by atomic mass is 10.1. The van der Waals surface area contributed by atoms with Crippen LogP contribution in [0.1, 0.15) is 25.1 Å². The Morgan fingerprint density at radius 2 is 2.19 bits per heavy atom. The summed E-state index contributed by atoms with van der Waals surface area (Å²) in [6.07, 6.45) is 4.60. The predicted octanol–water partition coefficient (Wildman–Crippen LogP) is 3.00. The van der Waals surface area contributed by atoms with Gasteiger partial charge in [0.2, 0.25) is 0 Å². The number of aromatic nitrogens is 4. The quantitative estimate of drug-likeness (QED) is 0.577. The van der Waals surface area contributed by atoms with Crippen LogP contribution in [-0.2, 0) is 13.0 Å². The number of fused-ring (bicyclic) bond motifs is 1. The van der Waals surface area contributed by atoms with Gasteiger partial charge in [0.25, 0.3) is 5.56 Å². The Hall–Kier alpha value is -0.660. The normalized spacial score (nSPS) is 14.0. The molecule has 6 nitrogen and oxygen atoms in total. The molecule has 1 unspecified atom stereocenters. The lowest BCUT2D eigenvalue weighted by Gasteiger charge is -2.28. The lowest BCUT2D eigenvalue weighted by molar-refractivity contribution is 0.714. The highest BCUT2D eigenvalue weighted by molar-refractivity contribution is 14.2. The van der Waals surface area contributed by atoms with Gasteiger partial charge in [0.05, 0.1) is 24.5 Å². The van der Waals surface area contributed by atoms with Crippen LogP contribution in [0, 0.1) is 0 Å². The van der Waals surface area contributed by atoms with Gasteiger partial charge in [0, 0.05) is 30.8 Å². The van der Waals surface area contributed by atoms with E-state index >= 15 is 0 Å². The minimum Gasteiger partial charge on any atom is -0.364 e. The molecular weight excluding hydrogens is 423 g/mol.